The number of rotatable bonds is 11. The number of unbranched alkanes of at least 4 members (excludes halogenated alkanes) is 7. The summed E-state index contributed by atoms with van der Waals surface area (Å²) in [5.41, 5.74) is 1.85. The first kappa shape index (κ1) is 18.8. The summed E-state index contributed by atoms with van der Waals surface area (Å²) in [5, 5.41) is 6.50. The summed E-state index contributed by atoms with van der Waals surface area (Å²) in [6.45, 7) is 7.25. The lowest BCUT2D eigenvalue weighted by molar-refractivity contribution is 0.581. The van der Waals surface area contributed by atoms with E-state index in [0.717, 1.165) is 34.6 Å². The Morgan fingerprint density at radius 3 is 2.29 bits per heavy atom. The Morgan fingerprint density at radius 2 is 1.62 bits per heavy atom. The minimum Gasteiger partial charge on any atom is -0.370 e. The minimum atomic E-state index is 0.720. The van der Waals surface area contributed by atoms with Gasteiger partial charge < -0.3 is 5.32 Å². The molecule has 2 aromatic heterocycles. The molecule has 0 bridgehead atoms. The van der Waals surface area contributed by atoms with Gasteiger partial charge in [-0.05, 0) is 20.3 Å². The van der Waals surface area contributed by atoms with Crippen LogP contribution in [0.15, 0.2) is 11.4 Å². The zero-order valence-electron chi connectivity index (χ0n) is 15.3. The number of nitrogens with zero attached hydrogens (tertiary/aromatic N) is 3. The lowest BCUT2D eigenvalue weighted by Gasteiger charge is -2.08. The Labute approximate surface area is 150 Å². The van der Waals surface area contributed by atoms with Crippen molar-refractivity contribution in [2.75, 3.05) is 11.9 Å². The van der Waals surface area contributed by atoms with Crippen LogP contribution in [0.1, 0.15) is 69.0 Å². The van der Waals surface area contributed by atoms with Crippen molar-refractivity contribution in [3.05, 3.63) is 22.1 Å². The van der Waals surface area contributed by atoms with Crippen molar-refractivity contribution in [2.24, 2.45) is 0 Å². The highest BCUT2D eigenvalue weighted by Gasteiger charge is 2.08. The molecule has 24 heavy (non-hydrogen) atoms. The monoisotopic (exact) mass is 346 g/mol. The molecule has 0 aliphatic heterocycles. The minimum absolute atomic E-state index is 0.720. The second-order valence-corrected chi connectivity index (χ2v) is 7.43. The predicted molar refractivity (Wildman–Crippen MR) is 104 cm³/mol. The van der Waals surface area contributed by atoms with Crippen LogP contribution in [0, 0.1) is 13.8 Å². The lowest BCUT2D eigenvalue weighted by Crippen LogP contribution is -2.05. The molecule has 2 rings (SSSR count). The average Bonchev–Trinajstić information content (AvgIpc) is 2.99. The Morgan fingerprint density at radius 1 is 0.917 bits per heavy atom. The van der Waals surface area contributed by atoms with Gasteiger partial charge in [0.1, 0.15) is 11.5 Å². The van der Waals surface area contributed by atoms with E-state index in [2.05, 4.69) is 27.2 Å². The number of aryl methyl sites for hydroxylation is 2. The van der Waals surface area contributed by atoms with Gasteiger partial charge in [-0.25, -0.2) is 15.0 Å². The van der Waals surface area contributed by atoms with E-state index < -0.39 is 0 Å². The van der Waals surface area contributed by atoms with Crippen LogP contribution in [0.3, 0.4) is 0 Å². The molecule has 0 atom stereocenters. The fourth-order valence-corrected chi connectivity index (χ4v) is 3.31. The molecule has 5 heteroatoms. The van der Waals surface area contributed by atoms with Crippen LogP contribution in [0.5, 0.6) is 0 Å². The molecule has 0 saturated carbocycles. The topological polar surface area (TPSA) is 50.7 Å². The third-order valence-corrected chi connectivity index (χ3v) is 4.81. The number of hydrogen-bond donors (Lipinski definition) is 1. The third-order valence-electron chi connectivity index (χ3n) is 4.04. The SMILES string of the molecule is CCCCCCCCCCNc1cc(C)nc(-c2csc(C)n2)n1. The first-order valence-corrected chi connectivity index (χ1v) is 10.1. The molecule has 0 saturated heterocycles. The number of aromatic nitrogens is 3. The van der Waals surface area contributed by atoms with Crippen molar-refractivity contribution >= 4 is 17.2 Å². The van der Waals surface area contributed by atoms with Crippen molar-refractivity contribution in [2.45, 2.75) is 72.1 Å². The van der Waals surface area contributed by atoms with Crippen molar-refractivity contribution < 1.29 is 0 Å². The van der Waals surface area contributed by atoms with Gasteiger partial charge in [-0.15, -0.1) is 11.3 Å². The van der Waals surface area contributed by atoms with Crippen LogP contribution in [-0.4, -0.2) is 21.5 Å². The van der Waals surface area contributed by atoms with Crippen LogP contribution in [0.2, 0.25) is 0 Å². The molecule has 0 radical (unpaired) electrons. The average molecular weight is 347 g/mol. The third kappa shape index (κ3) is 6.56. The first-order chi connectivity index (χ1) is 11.7. The molecular formula is C19H30N4S. The van der Waals surface area contributed by atoms with Gasteiger partial charge >= 0.3 is 0 Å². The molecule has 4 nitrogen and oxygen atoms in total. The second-order valence-electron chi connectivity index (χ2n) is 6.37. The lowest BCUT2D eigenvalue weighted by atomic mass is 10.1. The number of thiazole rings is 1. The molecule has 0 fully saturated rings. The fraction of sp³-hybridized carbons (Fsp3) is 0.632. The Hall–Kier alpha value is -1.49. The standard InChI is InChI=1S/C19H30N4S/c1-4-5-6-7-8-9-10-11-12-20-18-13-15(2)21-19(23-18)17-14-24-16(3)22-17/h13-14H,4-12H2,1-3H3,(H,20,21,23). The summed E-state index contributed by atoms with van der Waals surface area (Å²) in [5.74, 6) is 1.63. The normalized spacial score (nSPS) is 11.0. The number of anilines is 1. The van der Waals surface area contributed by atoms with Crippen LogP contribution in [0.25, 0.3) is 11.5 Å². The van der Waals surface area contributed by atoms with E-state index in [0.29, 0.717) is 0 Å². The van der Waals surface area contributed by atoms with Gasteiger partial charge in [-0.2, -0.15) is 0 Å². The Balaban J connectivity index is 1.72. The molecule has 2 heterocycles. The van der Waals surface area contributed by atoms with Crippen molar-refractivity contribution in [3.8, 4) is 11.5 Å². The fourth-order valence-electron chi connectivity index (χ4n) is 2.72. The zero-order chi connectivity index (χ0) is 17.2. The van der Waals surface area contributed by atoms with E-state index in [4.69, 9.17) is 0 Å². The molecule has 1 N–H and O–H groups in total. The molecule has 0 spiro atoms. The zero-order valence-corrected chi connectivity index (χ0v) is 16.1. The highest BCUT2D eigenvalue weighted by atomic mass is 32.1. The van der Waals surface area contributed by atoms with Gasteiger partial charge in [-0.1, -0.05) is 51.9 Å². The van der Waals surface area contributed by atoms with Crippen LogP contribution in [0.4, 0.5) is 5.82 Å². The van der Waals surface area contributed by atoms with Crippen molar-refractivity contribution in [3.63, 3.8) is 0 Å². The van der Waals surface area contributed by atoms with Gasteiger partial charge in [-0.3, -0.25) is 0 Å². The van der Waals surface area contributed by atoms with E-state index in [1.54, 1.807) is 11.3 Å². The van der Waals surface area contributed by atoms with E-state index in [9.17, 15) is 0 Å². The van der Waals surface area contributed by atoms with E-state index in [1.165, 1.54) is 51.4 Å². The van der Waals surface area contributed by atoms with Crippen molar-refractivity contribution in [1.29, 1.82) is 0 Å². The van der Waals surface area contributed by atoms with Gasteiger partial charge in [0.05, 0.1) is 5.01 Å². The van der Waals surface area contributed by atoms with Crippen LogP contribution >= 0.6 is 11.3 Å². The largest absolute Gasteiger partial charge is 0.370 e. The summed E-state index contributed by atoms with van der Waals surface area (Å²) in [4.78, 5) is 13.6. The smallest absolute Gasteiger partial charge is 0.181 e. The molecule has 0 unspecified atom stereocenters. The Kier molecular flexibility index (Phi) is 8.16. The molecule has 132 valence electrons. The van der Waals surface area contributed by atoms with Gasteiger partial charge in [0, 0.05) is 23.7 Å². The Bertz CT molecular complexity index is 609. The van der Waals surface area contributed by atoms with Crippen LogP contribution in [-0.2, 0) is 0 Å². The van der Waals surface area contributed by atoms with E-state index >= 15 is 0 Å². The highest BCUT2D eigenvalue weighted by Crippen LogP contribution is 2.20. The summed E-state index contributed by atoms with van der Waals surface area (Å²) in [6.07, 6.45) is 10.7. The van der Waals surface area contributed by atoms with Gasteiger partial charge in [0.2, 0.25) is 0 Å². The number of hydrogen-bond acceptors (Lipinski definition) is 5. The summed E-state index contributed by atoms with van der Waals surface area (Å²) < 4.78 is 0. The quantitative estimate of drug-likeness (QED) is 0.525. The molecule has 0 aromatic carbocycles. The maximum absolute atomic E-state index is 4.61. The molecular weight excluding hydrogens is 316 g/mol. The molecule has 0 aliphatic rings. The summed E-state index contributed by atoms with van der Waals surface area (Å²) >= 11 is 1.63. The maximum Gasteiger partial charge on any atom is 0.181 e. The second kappa shape index (κ2) is 10.4. The first-order valence-electron chi connectivity index (χ1n) is 9.21. The predicted octanol–water partition coefficient (Wildman–Crippen LogP) is 5.77. The molecule has 0 amide bonds. The molecule has 0 aliphatic carbocycles. The van der Waals surface area contributed by atoms with Crippen LogP contribution < -0.4 is 5.32 Å². The number of nitrogens with one attached hydrogen (secondary N) is 1. The summed E-state index contributed by atoms with van der Waals surface area (Å²) in [7, 11) is 0. The maximum atomic E-state index is 4.61. The highest BCUT2D eigenvalue weighted by molar-refractivity contribution is 7.09. The van der Waals surface area contributed by atoms with Crippen molar-refractivity contribution in [1.82, 2.24) is 15.0 Å². The van der Waals surface area contributed by atoms with E-state index in [1.807, 2.05) is 25.3 Å². The molecule has 2 aromatic rings. The summed E-state index contributed by atoms with van der Waals surface area (Å²) in [6, 6.07) is 2.01. The van der Waals surface area contributed by atoms with E-state index in [-0.39, 0.29) is 0 Å². The van der Waals surface area contributed by atoms with Gasteiger partial charge in [0.15, 0.2) is 5.82 Å². The van der Waals surface area contributed by atoms with Gasteiger partial charge in [0.25, 0.3) is 0 Å².